The molecule has 0 bridgehead atoms. The molecule has 4 aromatic rings. The van der Waals surface area contributed by atoms with Gasteiger partial charge in [-0.1, -0.05) is 0 Å². The summed E-state index contributed by atoms with van der Waals surface area (Å²) in [6.07, 6.45) is 3.03. The number of aromatic nitrogens is 2. The maximum atomic E-state index is 15.2. The van der Waals surface area contributed by atoms with E-state index in [4.69, 9.17) is 24.7 Å². The van der Waals surface area contributed by atoms with Crippen LogP contribution in [0.2, 0.25) is 0 Å². The molecule has 5 unspecified atom stereocenters. The second kappa shape index (κ2) is 16.5. The Balaban J connectivity index is 0.955. The van der Waals surface area contributed by atoms with E-state index in [9.17, 15) is 24.2 Å². The molecule has 1 aromatic heterocycles. The lowest BCUT2D eigenvalue weighted by atomic mass is 9.99. The van der Waals surface area contributed by atoms with Gasteiger partial charge in [0.2, 0.25) is 18.5 Å². The summed E-state index contributed by atoms with van der Waals surface area (Å²) in [5.74, 6) is -2.72. The van der Waals surface area contributed by atoms with Crippen molar-refractivity contribution in [3.05, 3.63) is 77.0 Å². The van der Waals surface area contributed by atoms with Crippen molar-refractivity contribution in [2.24, 2.45) is 12.8 Å². The van der Waals surface area contributed by atoms with Crippen molar-refractivity contribution < 1.29 is 52.2 Å². The number of ether oxygens (including phenoxy) is 4. The van der Waals surface area contributed by atoms with Gasteiger partial charge in [-0.3, -0.25) is 9.59 Å². The molecule has 1 amide bonds. The van der Waals surface area contributed by atoms with Gasteiger partial charge in [0.25, 0.3) is 5.91 Å². The number of amides is 1. The number of ketones is 1. The number of benzene rings is 3. The molecule has 5 heterocycles. The number of carbonyl (C=O) groups is 2. The number of halogens is 2. The van der Waals surface area contributed by atoms with E-state index in [1.807, 2.05) is 15.6 Å². The van der Waals surface area contributed by atoms with Crippen molar-refractivity contribution in [2.45, 2.75) is 62.6 Å². The van der Waals surface area contributed by atoms with Gasteiger partial charge in [-0.15, -0.1) is 4.68 Å². The van der Waals surface area contributed by atoms with Gasteiger partial charge in [-0.25, -0.2) is 8.78 Å². The first-order valence-corrected chi connectivity index (χ1v) is 19.6. The predicted octanol–water partition coefficient (Wildman–Crippen LogP) is 2.31. The lowest BCUT2D eigenvalue weighted by Crippen LogP contribution is -2.50. The summed E-state index contributed by atoms with van der Waals surface area (Å²) in [5.41, 5.74) is 7.64. The molecular weight excluding hydrogens is 742 g/mol. The van der Waals surface area contributed by atoms with Crippen LogP contribution in [0, 0.1) is 11.6 Å². The zero-order valence-corrected chi connectivity index (χ0v) is 31.9. The minimum atomic E-state index is -1.34. The molecule has 5 atom stereocenters. The lowest BCUT2D eigenvalue weighted by molar-refractivity contribution is -0.775. The smallest absolute Gasteiger partial charge is 0.292 e. The highest BCUT2D eigenvalue weighted by Gasteiger charge is 2.34. The molecule has 3 aromatic carbocycles. The van der Waals surface area contributed by atoms with Gasteiger partial charge in [0.05, 0.1) is 24.6 Å². The minimum Gasteiger partial charge on any atom is -0.486 e. The molecular formula is C41H49F2N6O8+. The van der Waals surface area contributed by atoms with E-state index in [2.05, 4.69) is 15.1 Å². The molecule has 4 aliphatic rings. The van der Waals surface area contributed by atoms with Crippen molar-refractivity contribution in [3.63, 3.8) is 0 Å². The molecule has 16 heteroatoms. The molecule has 0 saturated carbocycles. The third-order valence-corrected chi connectivity index (χ3v) is 11.4. The standard InChI is InChI=1S/C41H48F2N6O8/c1-46-33-16-24(38(52)41(53)45-32(22-48-10-4-5-11-48)37(51)27-15-29(42)39-34(17-27)54-12-13-55-39)6-7-25(33)19-49(46)20-28-23-56-40-30(43)14-26(18-35(40)57-28)36(50)31(44)21-47-8-2-3-9-47/h6-7,14-19,28,31-32,36-37,50-51H,2-5,8-13,20-23,44H2,1H3/p+1. The van der Waals surface area contributed by atoms with Crippen LogP contribution >= 0.6 is 0 Å². The van der Waals surface area contributed by atoms with Gasteiger partial charge < -0.3 is 50.0 Å². The number of likely N-dealkylation sites (tertiary alicyclic amines) is 2. The second-order valence-electron chi connectivity index (χ2n) is 15.4. The Morgan fingerprint density at radius 3 is 2.21 bits per heavy atom. The number of aryl methyl sites for hydroxylation is 1. The topological polar surface area (TPSA) is 165 Å². The highest BCUT2D eigenvalue weighted by Crippen LogP contribution is 2.39. The van der Waals surface area contributed by atoms with Crippen LogP contribution in [0.5, 0.6) is 23.0 Å². The van der Waals surface area contributed by atoms with Crippen LogP contribution in [0.25, 0.3) is 10.9 Å². The zero-order valence-electron chi connectivity index (χ0n) is 31.9. The molecule has 57 heavy (non-hydrogen) atoms. The number of fused-ring (bicyclic) bond motifs is 3. The fourth-order valence-electron chi connectivity index (χ4n) is 8.29. The summed E-state index contributed by atoms with van der Waals surface area (Å²) in [7, 11) is 1.80. The number of hydrogen-bond donors (Lipinski definition) is 4. The third kappa shape index (κ3) is 8.27. The van der Waals surface area contributed by atoms with Gasteiger partial charge >= 0.3 is 0 Å². The number of Topliss-reactive ketones (excluding diaryl/α,β-unsaturated/α-hetero) is 1. The van der Waals surface area contributed by atoms with Crippen LogP contribution in [0.4, 0.5) is 8.78 Å². The molecule has 14 nitrogen and oxygen atoms in total. The summed E-state index contributed by atoms with van der Waals surface area (Å²) in [6, 6.07) is 8.89. The maximum Gasteiger partial charge on any atom is 0.292 e. The fraction of sp³-hybridized carbons (Fsp3) is 0.488. The first kappa shape index (κ1) is 39.0. The fourth-order valence-corrected chi connectivity index (χ4v) is 8.29. The first-order chi connectivity index (χ1) is 27.5. The Labute approximate surface area is 328 Å². The Morgan fingerprint density at radius 2 is 1.49 bits per heavy atom. The lowest BCUT2D eigenvalue weighted by Gasteiger charge is -2.29. The van der Waals surface area contributed by atoms with Crippen molar-refractivity contribution in [1.29, 1.82) is 0 Å². The van der Waals surface area contributed by atoms with E-state index < -0.39 is 53.7 Å². The maximum absolute atomic E-state index is 15.2. The van der Waals surface area contributed by atoms with Crippen LogP contribution in [-0.4, -0.2) is 114 Å². The predicted molar refractivity (Wildman–Crippen MR) is 202 cm³/mol. The molecule has 8 rings (SSSR count). The van der Waals surface area contributed by atoms with Gasteiger partial charge in [-0.2, -0.15) is 4.68 Å². The Kier molecular flexibility index (Phi) is 11.3. The highest BCUT2D eigenvalue weighted by atomic mass is 19.1. The number of aliphatic hydroxyl groups excluding tert-OH is 2. The minimum absolute atomic E-state index is 0.0209. The summed E-state index contributed by atoms with van der Waals surface area (Å²) >= 11 is 0. The average Bonchev–Trinajstić information content (AvgIpc) is 3.99. The highest BCUT2D eigenvalue weighted by molar-refractivity contribution is 6.43. The monoisotopic (exact) mass is 791 g/mol. The summed E-state index contributed by atoms with van der Waals surface area (Å²) in [4.78, 5) is 31.5. The van der Waals surface area contributed by atoms with Gasteiger partial charge in [-0.05, 0) is 105 Å². The quantitative estimate of drug-likeness (QED) is 0.0893. The van der Waals surface area contributed by atoms with Crippen molar-refractivity contribution >= 4 is 22.6 Å². The average molecular weight is 792 g/mol. The molecule has 5 N–H and O–H groups in total. The molecule has 0 spiro atoms. The molecule has 304 valence electrons. The first-order valence-electron chi connectivity index (χ1n) is 19.6. The molecule has 2 saturated heterocycles. The van der Waals surface area contributed by atoms with E-state index in [1.54, 1.807) is 31.3 Å². The number of nitrogens with one attached hydrogen (secondary N) is 1. The van der Waals surface area contributed by atoms with Crippen LogP contribution in [0.15, 0.2) is 48.7 Å². The van der Waals surface area contributed by atoms with E-state index in [0.717, 1.165) is 63.3 Å². The van der Waals surface area contributed by atoms with Gasteiger partial charge in [0.1, 0.15) is 31.4 Å². The van der Waals surface area contributed by atoms with Crippen molar-refractivity contribution in [2.75, 3.05) is 59.1 Å². The Bertz CT molecular complexity index is 2140. The van der Waals surface area contributed by atoms with Crippen LogP contribution in [-0.2, 0) is 18.4 Å². The third-order valence-electron chi connectivity index (χ3n) is 11.4. The summed E-state index contributed by atoms with van der Waals surface area (Å²) < 4.78 is 56.7. The molecule has 0 radical (unpaired) electrons. The number of rotatable bonds is 13. The van der Waals surface area contributed by atoms with E-state index in [1.165, 1.54) is 12.1 Å². The zero-order chi connectivity index (χ0) is 39.8. The summed E-state index contributed by atoms with van der Waals surface area (Å²) in [6.45, 7) is 4.96. The van der Waals surface area contributed by atoms with Gasteiger partial charge in [0.15, 0.2) is 40.7 Å². The Morgan fingerprint density at radius 1 is 0.860 bits per heavy atom. The van der Waals surface area contributed by atoms with E-state index >= 15 is 4.39 Å². The molecule has 2 fully saturated rings. The van der Waals surface area contributed by atoms with Crippen LogP contribution < -0.4 is 34.7 Å². The number of aliphatic hydroxyl groups is 2. The number of nitrogens with two attached hydrogens (primary N) is 1. The van der Waals surface area contributed by atoms with Gasteiger partial charge in [0, 0.05) is 24.7 Å². The molecule has 0 aliphatic carbocycles. The SMILES string of the molecule is Cn1c2cc(C(=O)C(=O)NC(CN3CCCC3)C(O)c3cc(F)c4c(c3)OCCO4)ccc2c[n+]1CC1COc2c(F)cc(C(O)C(N)CN3CCCC3)cc2O1. The number of carbonyl (C=O) groups excluding carboxylic acids is 2. The number of nitrogens with zero attached hydrogens (tertiary/aromatic N) is 4. The van der Waals surface area contributed by atoms with Crippen molar-refractivity contribution in [3.8, 4) is 23.0 Å². The van der Waals surface area contributed by atoms with Crippen LogP contribution in [0.1, 0.15) is 59.4 Å². The van der Waals surface area contributed by atoms with E-state index in [0.29, 0.717) is 24.2 Å². The Hall–Kier alpha value is -4.87. The van der Waals surface area contributed by atoms with E-state index in [-0.39, 0.29) is 60.5 Å². The number of hydrogen-bond acceptors (Lipinski definition) is 11. The second-order valence-corrected chi connectivity index (χ2v) is 15.4. The van der Waals surface area contributed by atoms with Crippen molar-refractivity contribution in [1.82, 2.24) is 19.8 Å². The largest absolute Gasteiger partial charge is 0.486 e. The normalized spacial score (nSPS) is 20.4. The summed E-state index contributed by atoms with van der Waals surface area (Å²) in [5, 5.41) is 26.0. The van der Waals surface area contributed by atoms with Crippen LogP contribution in [0.3, 0.4) is 0 Å². The molecule has 4 aliphatic heterocycles.